The van der Waals surface area contributed by atoms with Crippen LogP contribution in [0.3, 0.4) is 0 Å². The minimum atomic E-state index is -0.0627. The van der Waals surface area contributed by atoms with Crippen LogP contribution in [0.4, 0.5) is 0 Å². The third-order valence-corrected chi connectivity index (χ3v) is 2.75. The largest absolute Gasteiger partial charge is 0.301 e. The van der Waals surface area contributed by atoms with E-state index in [1.165, 1.54) is 5.56 Å². The van der Waals surface area contributed by atoms with E-state index in [1.807, 2.05) is 38.1 Å². The molecule has 0 fully saturated rings. The molecule has 1 unspecified atom stereocenters. The predicted molar refractivity (Wildman–Crippen MR) is 67.4 cm³/mol. The Labute approximate surface area is 102 Å². The summed E-state index contributed by atoms with van der Waals surface area (Å²) in [5.74, 6) is 0.343. The standard InChI is InChI=1S/C13H17ClN2/c1-10(2)13(9-15)16-8-7-11-3-5-12(14)6-4-11/h3-6,10,13,16H,7-8H2,1-2H3. The van der Waals surface area contributed by atoms with Crippen LogP contribution in [0.5, 0.6) is 0 Å². The van der Waals surface area contributed by atoms with Crippen LogP contribution < -0.4 is 5.32 Å². The number of halogens is 1. The van der Waals surface area contributed by atoms with Gasteiger partial charge in [-0.2, -0.15) is 5.26 Å². The van der Waals surface area contributed by atoms with Crippen molar-refractivity contribution < 1.29 is 0 Å². The molecule has 16 heavy (non-hydrogen) atoms. The molecule has 0 saturated carbocycles. The molecule has 0 saturated heterocycles. The Balaban J connectivity index is 2.36. The molecule has 0 aliphatic heterocycles. The van der Waals surface area contributed by atoms with Gasteiger partial charge in [-0.1, -0.05) is 37.6 Å². The van der Waals surface area contributed by atoms with Crippen molar-refractivity contribution in [1.82, 2.24) is 5.32 Å². The Morgan fingerprint density at radius 3 is 2.44 bits per heavy atom. The lowest BCUT2D eigenvalue weighted by molar-refractivity contribution is 0.475. The van der Waals surface area contributed by atoms with Crippen molar-refractivity contribution in [2.75, 3.05) is 6.54 Å². The van der Waals surface area contributed by atoms with Crippen molar-refractivity contribution in [3.05, 3.63) is 34.9 Å². The van der Waals surface area contributed by atoms with Gasteiger partial charge in [-0.15, -0.1) is 0 Å². The number of nitrogens with zero attached hydrogens (tertiary/aromatic N) is 1. The molecule has 86 valence electrons. The second kappa shape index (κ2) is 6.52. The number of hydrogen-bond donors (Lipinski definition) is 1. The number of benzene rings is 1. The summed E-state index contributed by atoms with van der Waals surface area (Å²) in [6.07, 6.45) is 0.919. The van der Waals surface area contributed by atoms with E-state index in [9.17, 15) is 0 Å². The van der Waals surface area contributed by atoms with Crippen LogP contribution >= 0.6 is 11.6 Å². The summed E-state index contributed by atoms with van der Waals surface area (Å²) in [7, 11) is 0. The molecular weight excluding hydrogens is 220 g/mol. The van der Waals surface area contributed by atoms with Crippen LogP contribution in [0.1, 0.15) is 19.4 Å². The lowest BCUT2D eigenvalue weighted by Crippen LogP contribution is -2.33. The second-order valence-corrected chi connectivity index (χ2v) is 4.62. The zero-order valence-corrected chi connectivity index (χ0v) is 10.5. The zero-order valence-electron chi connectivity index (χ0n) is 9.70. The molecule has 1 rings (SSSR count). The molecule has 0 amide bonds. The number of nitriles is 1. The molecule has 0 aliphatic rings. The first-order chi connectivity index (χ1) is 7.63. The Hall–Kier alpha value is -1.04. The van der Waals surface area contributed by atoms with Gasteiger partial charge in [0.1, 0.15) is 0 Å². The van der Waals surface area contributed by atoms with Crippen LogP contribution in [0.15, 0.2) is 24.3 Å². The van der Waals surface area contributed by atoms with E-state index < -0.39 is 0 Å². The van der Waals surface area contributed by atoms with Crippen LogP contribution in [-0.4, -0.2) is 12.6 Å². The molecular formula is C13H17ClN2. The minimum absolute atomic E-state index is 0.0627. The first-order valence-electron chi connectivity index (χ1n) is 5.51. The first-order valence-corrected chi connectivity index (χ1v) is 5.88. The maximum Gasteiger partial charge on any atom is 0.0976 e. The van der Waals surface area contributed by atoms with Crippen molar-refractivity contribution in [3.63, 3.8) is 0 Å². The molecule has 0 aliphatic carbocycles. The molecule has 1 N–H and O–H groups in total. The monoisotopic (exact) mass is 236 g/mol. The maximum absolute atomic E-state index is 8.90. The zero-order chi connectivity index (χ0) is 12.0. The topological polar surface area (TPSA) is 35.8 Å². The minimum Gasteiger partial charge on any atom is -0.301 e. The highest BCUT2D eigenvalue weighted by molar-refractivity contribution is 6.30. The van der Waals surface area contributed by atoms with Crippen molar-refractivity contribution in [3.8, 4) is 6.07 Å². The average molecular weight is 237 g/mol. The van der Waals surface area contributed by atoms with E-state index >= 15 is 0 Å². The van der Waals surface area contributed by atoms with E-state index in [2.05, 4.69) is 11.4 Å². The van der Waals surface area contributed by atoms with Crippen molar-refractivity contribution in [2.45, 2.75) is 26.3 Å². The highest BCUT2D eigenvalue weighted by atomic mass is 35.5. The highest BCUT2D eigenvalue weighted by Crippen LogP contribution is 2.09. The lowest BCUT2D eigenvalue weighted by Gasteiger charge is -2.14. The van der Waals surface area contributed by atoms with Gasteiger partial charge >= 0.3 is 0 Å². The Morgan fingerprint density at radius 1 is 1.31 bits per heavy atom. The van der Waals surface area contributed by atoms with Gasteiger partial charge in [-0.25, -0.2) is 0 Å². The SMILES string of the molecule is CC(C)C(C#N)NCCc1ccc(Cl)cc1. The summed E-state index contributed by atoms with van der Waals surface area (Å²) in [4.78, 5) is 0. The van der Waals surface area contributed by atoms with Crippen molar-refractivity contribution in [1.29, 1.82) is 5.26 Å². The molecule has 1 atom stereocenters. The third kappa shape index (κ3) is 4.22. The molecule has 1 aromatic rings. The maximum atomic E-state index is 8.90. The molecule has 0 spiro atoms. The summed E-state index contributed by atoms with van der Waals surface area (Å²) < 4.78 is 0. The molecule has 0 heterocycles. The van der Waals surface area contributed by atoms with E-state index in [1.54, 1.807) is 0 Å². The van der Waals surface area contributed by atoms with Crippen molar-refractivity contribution in [2.24, 2.45) is 5.92 Å². The first kappa shape index (κ1) is 13.0. The number of rotatable bonds is 5. The van der Waals surface area contributed by atoms with E-state index in [0.717, 1.165) is 18.0 Å². The van der Waals surface area contributed by atoms with Crippen LogP contribution in [0.25, 0.3) is 0 Å². The van der Waals surface area contributed by atoms with Gasteiger partial charge in [0.2, 0.25) is 0 Å². The molecule has 0 bridgehead atoms. The number of hydrogen-bond acceptors (Lipinski definition) is 2. The highest BCUT2D eigenvalue weighted by Gasteiger charge is 2.10. The third-order valence-electron chi connectivity index (χ3n) is 2.50. The predicted octanol–water partition coefficient (Wildman–Crippen LogP) is 3.02. The van der Waals surface area contributed by atoms with Gasteiger partial charge in [-0.3, -0.25) is 0 Å². The van der Waals surface area contributed by atoms with Gasteiger partial charge in [0.15, 0.2) is 0 Å². The van der Waals surface area contributed by atoms with Gasteiger partial charge in [0.25, 0.3) is 0 Å². The molecule has 0 aromatic heterocycles. The summed E-state index contributed by atoms with van der Waals surface area (Å²) in [6.45, 7) is 4.91. The van der Waals surface area contributed by atoms with Gasteiger partial charge in [-0.05, 0) is 30.0 Å². The molecule has 3 heteroatoms. The van der Waals surface area contributed by atoms with Crippen LogP contribution in [0, 0.1) is 17.2 Å². The summed E-state index contributed by atoms with van der Waals surface area (Å²) in [5, 5.41) is 12.9. The van der Waals surface area contributed by atoms with Crippen LogP contribution in [0.2, 0.25) is 5.02 Å². The van der Waals surface area contributed by atoms with Gasteiger partial charge in [0.05, 0.1) is 12.1 Å². The van der Waals surface area contributed by atoms with Crippen LogP contribution in [-0.2, 0) is 6.42 Å². The fourth-order valence-electron chi connectivity index (χ4n) is 1.45. The fraction of sp³-hybridized carbons (Fsp3) is 0.462. The van der Waals surface area contributed by atoms with E-state index in [4.69, 9.17) is 16.9 Å². The quantitative estimate of drug-likeness (QED) is 0.853. The Bertz CT molecular complexity index is 351. The van der Waals surface area contributed by atoms with E-state index in [0.29, 0.717) is 5.92 Å². The second-order valence-electron chi connectivity index (χ2n) is 4.18. The van der Waals surface area contributed by atoms with Gasteiger partial charge in [0, 0.05) is 11.6 Å². The average Bonchev–Trinajstić information content (AvgIpc) is 2.26. The Kier molecular flexibility index (Phi) is 5.31. The Morgan fingerprint density at radius 2 is 1.94 bits per heavy atom. The summed E-state index contributed by atoms with van der Waals surface area (Å²) in [5.41, 5.74) is 1.23. The summed E-state index contributed by atoms with van der Waals surface area (Å²) in [6, 6.07) is 10.0. The molecule has 1 aromatic carbocycles. The van der Waals surface area contributed by atoms with E-state index in [-0.39, 0.29) is 6.04 Å². The fourth-order valence-corrected chi connectivity index (χ4v) is 1.58. The smallest absolute Gasteiger partial charge is 0.0976 e. The normalized spacial score (nSPS) is 12.4. The molecule has 0 radical (unpaired) electrons. The summed E-state index contributed by atoms with van der Waals surface area (Å²) >= 11 is 5.80. The number of nitrogens with one attached hydrogen (secondary N) is 1. The van der Waals surface area contributed by atoms with Crippen molar-refractivity contribution >= 4 is 11.6 Å². The lowest BCUT2D eigenvalue weighted by atomic mass is 10.1. The molecule has 2 nitrogen and oxygen atoms in total. The van der Waals surface area contributed by atoms with Gasteiger partial charge < -0.3 is 5.32 Å².